The summed E-state index contributed by atoms with van der Waals surface area (Å²) in [5.41, 5.74) is 1.28. The van der Waals surface area contributed by atoms with Crippen molar-refractivity contribution in [2.24, 2.45) is 0 Å². The van der Waals surface area contributed by atoms with E-state index in [9.17, 15) is 0 Å². The lowest BCUT2D eigenvalue weighted by molar-refractivity contribution is 0.270. The summed E-state index contributed by atoms with van der Waals surface area (Å²) in [5.74, 6) is 0. The van der Waals surface area contributed by atoms with Crippen LogP contribution in [0.1, 0.15) is 39.8 Å². The Labute approximate surface area is 111 Å². The van der Waals surface area contributed by atoms with Gasteiger partial charge >= 0.3 is 0 Å². The third-order valence-corrected chi connectivity index (χ3v) is 3.32. The van der Waals surface area contributed by atoms with E-state index in [4.69, 9.17) is 0 Å². The van der Waals surface area contributed by atoms with Gasteiger partial charge in [-0.05, 0) is 26.4 Å². The Morgan fingerprint density at radius 2 is 2.06 bits per heavy atom. The maximum atomic E-state index is 4.22. The van der Waals surface area contributed by atoms with Crippen molar-refractivity contribution < 1.29 is 0 Å². The molecule has 0 fully saturated rings. The monoisotopic (exact) mass is 252 g/mol. The maximum absolute atomic E-state index is 4.22. The normalized spacial score (nSPS) is 13.2. The number of likely N-dealkylation sites (N-methyl/N-ethyl adjacent to an activating group) is 1. The minimum absolute atomic E-state index is 0.509. The fourth-order valence-corrected chi connectivity index (χ4v) is 2.15. The van der Waals surface area contributed by atoms with Crippen molar-refractivity contribution in [1.82, 2.24) is 19.8 Å². The summed E-state index contributed by atoms with van der Waals surface area (Å²) in [6.07, 6.45) is 5.04. The molecule has 0 radical (unpaired) electrons. The molecule has 0 saturated carbocycles. The first-order valence-electron chi connectivity index (χ1n) is 7.15. The number of nitrogens with zero attached hydrogens (tertiary/aromatic N) is 3. The van der Waals surface area contributed by atoms with Gasteiger partial charge in [-0.2, -0.15) is 0 Å². The molecule has 0 saturated heterocycles. The second kappa shape index (κ2) is 8.27. The number of hydrogen-bond donors (Lipinski definition) is 1. The van der Waals surface area contributed by atoms with Crippen LogP contribution < -0.4 is 5.32 Å². The molecular weight excluding hydrogens is 224 g/mol. The van der Waals surface area contributed by atoms with Gasteiger partial charge in [-0.15, -0.1) is 0 Å². The fraction of sp³-hybridized carbons (Fsp3) is 0.786. The molecule has 1 aromatic heterocycles. The second-order valence-corrected chi connectivity index (χ2v) is 4.85. The third-order valence-electron chi connectivity index (χ3n) is 3.32. The fourth-order valence-electron chi connectivity index (χ4n) is 2.15. The average molecular weight is 252 g/mol. The van der Waals surface area contributed by atoms with Crippen LogP contribution in [0.15, 0.2) is 12.5 Å². The Hall–Kier alpha value is -0.870. The number of imidazole rings is 1. The van der Waals surface area contributed by atoms with Crippen LogP contribution in [-0.2, 0) is 13.1 Å². The van der Waals surface area contributed by atoms with E-state index in [0.717, 1.165) is 39.1 Å². The van der Waals surface area contributed by atoms with E-state index in [-0.39, 0.29) is 0 Å². The SMILES string of the molecule is CCCn1cncc1CNC(C)CN(CC)CC. The van der Waals surface area contributed by atoms with Crippen molar-refractivity contribution in [3.63, 3.8) is 0 Å². The summed E-state index contributed by atoms with van der Waals surface area (Å²) in [6, 6.07) is 0.509. The molecule has 104 valence electrons. The minimum atomic E-state index is 0.509. The maximum Gasteiger partial charge on any atom is 0.0948 e. The van der Waals surface area contributed by atoms with Gasteiger partial charge in [0.2, 0.25) is 0 Å². The summed E-state index contributed by atoms with van der Waals surface area (Å²) in [5, 5.41) is 3.58. The predicted molar refractivity (Wildman–Crippen MR) is 76.6 cm³/mol. The van der Waals surface area contributed by atoms with Gasteiger partial charge in [0, 0.05) is 31.9 Å². The number of nitrogens with one attached hydrogen (secondary N) is 1. The van der Waals surface area contributed by atoms with Gasteiger partial charge in [-0.1, -0.05) is 20.8 Å². The zero-order valence-corrected chi connectivity index (χ0v) is 12.3. The highest BCUT2D eigenvalue weighted by Crippen LogP contribution is 2.01. The van der Waals surface area contributed by atoms with E-state index in [1.807, 2.05) is 12.5 Å². The van der Waals surface area contributed by atoms with Gasteiger partial charge in [0.05, 0.1) is 12.0 Å². The molecule has 0 bridgehead atoms. The summed E-state index contributed by atoms with van der Waals surface area (Å²) in [7, 11) is 0. The molecule has 0 aliphatic rings. The zero-order chi connectivity index (χ0) is 13.4. The van der Waals surface area contributed by atoms with E-state index in [1.54, 1.807) is 0 Å². The van der Waals surface area contributed by atoms with E-state index < -0.39 is 0 Å². The number of rotatable bonds is 9. The molecule has 1 rings (SSSR count). The van der Waals surface area contributed by atoms with Crippen LogP contribution in [0.3, 0.4) is 0 Å². The predicted octanol–water partition coefficient (Wildman–Crippen LogP) is 2.11. The lowest BCUT2D eigenvalue weighted by Crippen LogP contribution is -2.39. The lowest BCUT2D eigenvalue weighted by atomic mass is 10.3. The van der Waals surface area contributed by atoms with Crippen LogP contribution in [0, 0.1) is 0 Å². The summed E-state index contributed by atoms with van der Waals surface area (Å²) in [4.78, 5) is 6.67. The van der Waals surface area contributed by atoms with Crippen molar-refractivity contribution >= 4 is 0 Å². The molecule has 1 unspecified atom stereocenters. The molecule has 0 amide bonds. The van der Waals surface area contributed by atoms with Gasteiger partial charge in [-0.25, -0.2) is 4.98 Å². The standard InChI is InChI=1S/C14H28N4/c1-5-8-18-12-15-9-14(18)10-16-13(4)11-17(6-2)7-3/h9,12-13,16H,5-8,10-11H2,1-4H3. The number of aryl methyl sites for hydroxylation is 1. The van der Waals surface area contributed by atoms with Gasteiger partial charge in [0.1, 0.15) is 0 Å². The highest BCUT2D eigenvalue weighted by molar-refractivity contribution is 4.98. The van der Waals surface area contributed by atoms with Gasteiger partial charge in [-0.3, -0.25) is 0 Å². The van der Waals surface area contributed by atoms with Crippen LogP contribution >= 0.6 is 0 Å². The van der Waals surface area contributed by atoms with Crippen molar-refractivity contribution in [2.75, 3.05) is 19.6 Å². The Bertz CT molecular complexity index is 317. The highest BCUT2D eigenvalue weighted by Gasteiger charge is 2.08. The Kier molecular flexibility index (Phi) is 6.98. The molecule has 1 N–H and O–H groups in total. The molecule has 0 spiro atoms. The van der Waals surface area contributed by atoms with E-state index >= 15 is 0 Å². The minimum Gasteiger partial charge on any atom is -0.333 e. The zero-order valence-electron chi connectivity index (χ0n) is 12.3. The molecule has 0 aliphatic carbocycles. The van der Waals surface area contributed by atoms with Gasteiger partial charge < -0.3 is 14.8 Å². The molecule has 0 aliphatic heterocycles. The first-order chi connectivity index (χ1) is 8.71. The van der Waals surface area contributed by atoms with E-state index in [2.05, 4.69) is 47.5 Å². The van der Waals surface area contributed by atoms with Crippen LogP contribution in [0.2, 0.25) is 0 Å². The average Bonchev–Trinajstić information content (AvgIpc) is 2.81. The smallest absolute Gasteiger partial charge is 0.0948 e. The summed E-state index contributed by atoms with van der Waals surface area (Å²) < 4.78 is 2.23. The third kappa shape index (κ3) is 4.78. The van der Waals surface area contributed by atoms with Crippen LogP contribution in [0.25, 0.3) is 0 Å². The van der Waals surface area contributed by atoms with Crippen LogP contribution in [0.5, 0.6) is 0 Å². The number of aromatic nitrogens is 2. The van der Waals surface area contributed by atoms with E-state index in [0.29, 0.717) is 6.04 Å². The topological polar surface area (TPSA) is 33.1 Å². The van der Waals surface area contributed by atoms with Crippen molar-refractivity contribution in [2.45, 2.75) is 53.2 Å². The molecular formula is C14H28N4. The van der Waals surface area contributed by atoms with Crippen molar-refractivity contribution in [3.05, 3.63) is 18.2 Å². The molecule has 4 heteroatoms. The largest absolute Gasteiger partial charge is 0.333 e. The van der Waals surface area contributed by atoms with Gasteiger partial charge in [0.25, 0.3) is 0 Å². The lowest BCUT2D eigenvalue weighted by Gasteiger charge is -2.23. The quantitative estimate of drug-likeness (QED) is 0.731. The first kappa shape index (κ1) is 15.2. The molecule has 4 nitrogen and oxygen atoms in total. The van der Waals surface area contributed by atoms with Crippen molar-refractivity contribution in [3.8, 4) is 0 Å². The van der Waals surface area contributed by atoms with Crippen LogP contribution in [-0.4, -0.2) is 40.1 Å². The van der Waals surface area contributed by atoms with Crippen molar-refractivity contribution in [1.29, 1.82) is 0 Å². The highest BCUT2D eigenvalue weighted by atomic mass is 15.1. The second-order valence-electron chi connectivity index (χ2n) is 4.85. The first-order valence-corrected chi connectivity index (χ1v) is 7.15. The Morgan fingerprint density at radius 3 is 2.67 bits per heavy atom. The molecule has 0 aromatic carbocycles. The Balaban J connectivity index is 2.37. The summed E-state index contributed by atoms with van der Waals surface area (Å²) >= 11 is 0. The van der Waals surface area contributed by atoms with E-state index in [1.165, 1.54) is 5.69 Å². The molecule has 1 aromatic rings. The molecule has 1 heterocycles. The number of hydrogen-bond acceptors (Lipinski definition) is 3. The molecule has 18 heavy (non-hydrogen) atoms. The van der Waals surface area contributed by atoms with Crippen LogP contribution in [0.4, 0.5) is 0 Å². The molecule has 1 atom stereocenters. The Morgan fingerprint density at radius 1 is 1.33 bits per heavy atom. The summed E-state index contributed by atoms with van der Waals surface area (Å²) in [6.45, 7) is 14.2. The van der Waals surface area contributed by atoms with Gasteiger partial charge in [0.15, 0.2) is 0 Å².